The standard InChI is InChI=1S/C13H10Cl2N2O3/c1-19-13(18)12-11(3-2-4-16-12)20-7-10-9(15)5-8(14)6-17-10/h2-6H,7H2,1H3. The zero-order chi connectivity index (χ0) is 14.5. The largest absolute Gasteiger partial charge is 0.485 e. The number of carbonyl (C=O) groups is 1. The number of hydrogen-bond acceptors (Lipinski definition) is 5. The van der Waals surface area contributed by atoms with Crippen molar-refractivity contribution in [3.8, 4) is 5.75 Å². The molecule has 2 heterocycles. The summed E-state index contributed by atoms with van der Waals surface area (Å²) in [5.74, 6) is -0.275. The first-order chi connectivity index (χ1) is 9.61. The zero-order valence-corrected chi connectivity index (χ0v) is 12.0. The van der Waals surface area contributed by atoms with Crippen molar-refractivity contribution in [1.29, 1.82) is 0 Å². The van der Waals surface area contributed by atoms with Gasteiger partial charge in [-0.3, -0.25) is 4.98 Å². The minimum absolute atomic E-state index is 0.0890. The molecule has 0 fully saturated rings. The van der Waals surface area contributed by atoms with E-state index in [9.17, 15) is 4.79 Å². The predicted molar refractivity (Wildman–Crippen MR) is 74.2 cm³/mol. The molecule has 2 aromatic rings. The quantitative estimate of drug-likeness (QED) is 0.812. The van der Waals surface area contributed by atoms with Crippen LogP contribution in [0.1, 0.15) is 16.2 Å². The second-order valence-corrected chi connectivity index (χ2v) is 4.56. The lowest BCUT2D eigenvalue weighted by Crippen LogP contribution is -2.08. The summed E-state index contributed by atoms with van der Waals surface area (Å²) in [7, 11) is 1.28. The molecule has 5 nitrogen and oxygen atoms in total. The molecule has 0 aliphatic heterocycles. The number of esters is 1. The molecule has 104 valence electrons. The van der Waals surface area contributed by atoms with Gasteiger partial charge >= 0.3 is 5.97 Å². The highest BCUT2D eigenvalue weighted by molar-refractivity contribution is 6.34. The van der Waals surface area contributed by atoms with E-state index in [-0.39, 0.29) is 12.3 Å². The fourth-order valence-corrected chi connectivity index (χ4v) is 1.89. The maximum absolute atomic E-state index is 11.5. The molecule has 2 aromatic heterocycles. The van der Waals surface area contributed by atoms with Gasteiger partial charge in [0.15, 0.2) is 11.4 Å². The minimum Gasteiger partial charge on any atom is -0.485 e. The topological polar surface area (TPSA) is 61.3 Å². The fourth-order valence-electron chi connectivity index (χ4n) is 1.45. The lowest BCUT2D eigenvalue weighted by Gasteiger charge is -2.09. The monoisotopic (exact) mass is 312 g/mol. The van der Waals surface area contributed by atoms with Crippen LogP contribution in [0, 0.1) is 0 Å². The Bertz CT molecular complexity index is 635. The number of pyridine rings is 2. The second kappa shape index (κ2) is 6.54. The van der Waals surface area contributed by atoms with Gasteiger partial charge in [-0.25, -0.2) is 9.78 Å². The zero-order valence-electron chi connectivity index (χ0n) is 10.5. The van der Waals surface area contributed by atoms with Gasteiger partial charge in [-0.05, 0) is 18.2 Å². The Balaban J connectivity index is 2.17. The van der Waals surface area contributed by atoms with Crippen molar-refractivity contribution in [3.63, 3.8) is 0 Å². The number of carbonyl (C=O) groups excluding carboxylic acids is 1. The lowest BCUT2D eigenvalue weighted by molar-refractivity contribution is 0.0588. The molecule has 20 heavy (non-hydrogen) atoms. The summed E-state index contributed by atoms with van der Waals surface area (Å²) in [6.45, 7) is 0.0890. The summed E-state index contributed by atoms with van der Waals surface area (Å²) in [5.41, 5.74) is 0.607. The van der Waals surface area contributed by atoms with Crippen LogP contribution in [0.3, 0.4) is 0 Å². The predicted octanol–water partition coefficient (Wildman–Crippen LogP) is 3.15. The van der Waals surface area contributed by atoms with Crippen LogP contribution in [0.15, 0.2) is 30.6 Å². The van der Waals surface area contributed by atoms with Crippen LogP contribution in [0.5, 0.6) is 5.75 Å². The molecule has 0 N–H and O–H groups in total. The van der Waals surface area contributed by atoms with Crippen LogP contribution >= 0.6 is 23.2 Å². The maximum atomic E-state index is 11.5. The van der Waals surface area contributed by atoms with E-state index in [4.69, 9.17) is 27.9 Å². The van der Waals surface area contributed by atoms with Crippen molar-refractivity contribution < 1.29 is 14.3 Å². The minimum atomic E-state index is -0.573. The molecule has 0 radical (unpaired) electrons. The van der Waals surface area contributed by atoms with Gasteiger partial charge in [0.05, 0.1) is 22.8 Å². The molecule has 0 aromatic carbocycles. The summed E-state index contributed by atoms with van der Waals surface area (Å²) < 4.78 is 10.1. The van der Waals surface area contributed by atoms with Gasteiger partial charge in [0, 0.05) is 12.4 Å². The van der Waals surface area contributed by atoms with Crippen LogP contribution < -0.4 is 4.74 Å². The van der Waals surface area contributed by atoms with Gasteiger partial charge in [-0.15, -0.1) is 0 Å². The van der Waals surface area contributed by atoms with Crippen molar-refractivity contribution in [1.82, 2.24) is 9.97 Å². The van der Waals surface area contributed by atoms with Crippen LogP contribution in [-0.2, 0) is 11.3 Å². The first-order valence-electron chi connectivity index (χ1n) is 5.58. The highest BCUT2D eigenvalue weighted by atomic mass is 35.5. The Labute approximate surface area is 125 Å². The number of rotatable bonds is 4. The molecular formula is C13H10Cl2N2O3. The van der Waals surface area contributed by atoms with Crippen molar-refractivity contribution in [3.05, 3.63) is 52.0 Å². The first kappa shape index (κ1) is 14.6. The van der Waals surface area contributed by atoms with E-state index in [1.807, 2.05) is 0 Å². The van der Waals surface area contributed by atoms with Gasteiger partial charge in [0.2, 0.25) is 0 Å². The number of halogens is 2. The SMILES string of the molecule is COC(=O)c1ncccc1OCc1ncc(Cl)cc1Cl. The molecule has 0 bridgehead atoms. The molecule has 0 aliphatic carbocycles. The third-order valence-corrected chi connectivity index (χ3v) is 2.93. The third kappa shape index (κ3) is 3.37. The van der Waals surface area contributed by atoms with Crippen LogP contribution in [0.25, 0.3) is 0 Å². The van der Waals surface area contributed by atoms with Gasteiger partial charge in [-0.2, -0.15) is 0 Å². The Hall–Kier alpha value is -1.85. The van der Waals surface area contributed by atoms with Crippen LogP contribution in [-0.4, -0.2) is 23.0 Å². The molecule has 2 rings (SSSR count). The first-order valence-corrected chi connectivity index (χ1v) is 6.33. The Morgan fingerprint density at radius 1 is 1.35 bits per heavy atom. The fraction of sp³-hybridized carbons (Fsp3) is 0.154. The number of methoxy groups -OCH3 is 1. The Kier molecular flexibility index (Phi) is 4.76. The molecule has 0 atom stereocenters. The summed E-state index contributed by atoms with van der Waals surface area (Å²) >= 11 is 11.8. The molecule has 0 saturated carbocycles. The molecule has 0 spiro atoms. The van der Waals surface area contributed by atoms with Gasteiger partial charge < -0.3 is 9.47 Å². The molecular weight excluding hydrogens is 303 g/mol. The number of nitrogens with zero attached hydrogens (tertiary/aromatic N) is 2. The van der Waals surface area contributed by atoms with E-state index < -0.39 is 5.97 Å². The van der Waals surface area contributed by atoms with E-state index in [0.29, 0.717) is 21.5 Å². The lowest BCUT2D eigenvalue weighted by atomic mass is 10.3. The molecule has 0 amide bonds. The average molecular weight is 313 g/mol. The van der Waals surface area contributed by atoms with Crippen molar-refractivity contribution in [2.45, 2.75) is 6.61 Å². The van der Waals surface area contributed by atoms with Crippen LogP contribution in [0.4, 0.5) is 0 Å². The summed E-state index contributed by atoms with van der Waals surface area (Å²) in [6.07, 6.45) is 2.95. The molecule has 7 heteroatoms. The van der Waals surface area contributed by atoms with E-state index in [2.05, 4.69) is 14.7 Å². The number of hydrogen-bond donors (Lipinski definition) is 0. The smallest absolute Gasteiger partial charge is 0.360 e. The summed E-state index contributed by atoms with van der Waals surface area (Å²) in [6, 6.07) is 4.83. The van der Waals surface area contributed by atoms with Gasteiger partial charge in [0.25, 0.3) is 0 Å². The Morgan fingerprint density at radius 2 is 2.15 bits per heavy atom. The number of aromatic nitrogens is 2. The van der Waals surface area contributed by atoms with E-state index >= 15 is 0 Å². The molecule has 0 aliphatic rings. The van der Waals surface area contributed by atoms with Gasteiger partial charge in [0.1, 0.15) is 6.61 Å². The van der Waals surface area contributed by atoms with E-state index in [0.717, 1.165) is 0 Å². The van der Waals surface area contributed by atoms with Crippen molar-refractivity contribution in [2.75, 3.05) is 7.11 Å². The Morgan fingerprint density at radius 3 is 2.85 bits per heavy atom. The summed E-state index contributed by atoms with van der Waals surface area (Å²) in [5, 5.41) is 0.830. The van der Waals surface area contributed by atoms with Crippen molar-refractivity contribution in [2.24, 2.45) is 0 Å². The van der Waals surface area contributed by atoms with Gasteiger partial charge in [-0.1, -0.05) is 23.2 Å². The molecule has 0 unspecified atom stereocenters. The van der Waals surface area contributed by atoms with E-state index in [1.54, 1.807) is 18.2 Å². The van der Waals surface area contributed by atoms with Crippen LogP contribution in [0.2, 0.25) is 10.0 Å². The van der Waals surface area contributed by atoms with E-state index in [1.165, 1.54) is 19.5 Å². The highest BCUT2D eigenvalue weighted by Gasteiger charge is 2.15. The highest BCUT2D eigenvalue weighted by Crippen LogP contribution is 2.22. The molecule has 0 saturated heterocycles. The second-order valence-electron chi connectivity index (χ2n) is 3.71. The normalized spacial score (nSPS) is 10.2. The maximum Gasteiger partial charge on any atom is 0.360 e. The van der Waals surface area contributed by atoms with Crippen molar-refractivity contribution >= 4 is 29.2 Å². The average Bonchev–Trinajstić information content (AvgIpc) is 2.46. The number of ether oxygens (including phenoxy) is 2. The summed E-state index contributed by atoms with van der Waals surface area (Å²) in [4.78, 5) is 19.5. The third-order valence-electron chi connectivity index (χ3n) is 2.40.